The molecule has 2 aromatic rings. The van der Waals surface area contributed by atoms with Crippen LogP contribution in [0, 0.1) is 5.82 Å². The number of nitrogens with one attached hydrogen (secondary N) is 2. The average Bonchev–Trinajstić information content (AvgIpc) is 3.29. The van der Waals surface area contributed by atoms with Crippen LogP contribution in [-0.2, 0) is 24.2 Å². The van der Waals surface area contributed by atoms with E-state index in [9.17, 15) is 22.4 Å². The Hall–Kier alpha value is -2.34. The first-order valence-corrected chi connectivity index (χ1v) is 12.2. The van der Waals surface area contributed by atoms with Crippen molar-refractivity contribution in [1.29, 1.82) is 0 Å². The molecule has 0 radical (unpaired) electrons. The predicted molar refractivity (Wildman–Crippen MR) is 114 cm³/mol. The van der Waals surface area contributed by atoms with Gasteiger partial charge in [-0.05, 0) is 35.7 Å². The third kappa shape index (κ3) is 6.33. The summed E-state index contributed by atoms with van der Waals surface area (Å²) in [4.78, 5) is 26.9. The van der Waals surface area contributed by atoms with Crippen LogP contribution in [0.5, 0.6) is 0 Å². The number of amides is 2. The van der Waals surface area contributed by atoms with Crippen molar-refractivity contribution in [1.82, 2.24) is 15.5 Å². The maximum atomic E-state index is 13.2. The lowest BCUT2D eigenvalue weighted by molar-refractivity contribution is -0.139. The van der Waals surface area contributed by atoms with Crippen LogP contribution in [0.25, 0.3) is 0 Å². The highest BCUT2D eigenvalue weighted by Gasteiger charge is 2.31. The van der Waals surface area contributed by atoms with Crippen molar-refractivity contribution in [3.05, 3.63) is 52.5 Å². The first-order valence-electron chi connectivity index (χ1n) is 9.77. The van der Waals surface area contributed by atoms with E-state index < -0.39 is 32.7 Å². The third-order valence-corrected chi connectivity index (χ3v) is 8.08. The largest absolute Gasteiger partial charge is 0.379 e. The lowest BCUT2D eigenvalue weighted by atomic mass is 10.3. The molecule has 3 rings (SSSR count). The highest BCUT2D eigenvalue weighted by molar-refractivity contribution is 7.91. The van der Waals surface area contributed by atoms with Crippen LogP contribution < -0.4 is 10.6 Å². The second kappa shape index (κ2) is 10.8. The molecule has 0 saturated carbocycles. The van der Waals surface area contributed by atoms with Gasteiger partial charge in [0.05, 0.1) is 18.1 Å². The van der Waals surface area contributed by atoms with Gasteiger partial charge in [-0.25, -0.2) is 12.8 Å². The molecular formula is C20H24FN3O5S2. The van der Waals surface area contributed by atoms with Gasteiger partial charge in [-0.2, -0.15) is 0 Å². The highest BCUT2D eigenvalue weighted by atomic mass is 32.2. The van der Waals surface area contributed by atoms with E-state index in [-0.39, 0.29) is 11.4 Å². The Labute approximate surface area is 184 Å². The number of benzene rings is 1. The summed E-state index contributed by atoms with van der Waals surface area (Å²) in [6.07, 6.45) is 0. The summed E-state index contributed by atoms with van der Waals surface area (Å²) in [6, 6.07) is 7.85. The first kappa shape index (κ1) is 23.3. The van der Waals surface area contributed by atoms with E-state index in [1.165, 1.54) is 23.5 Å². The van der Waals surface area contributed by atoms with Gasteiger partial charge in [-0.15, -0.1) is 11.3 Å². The van der Waals surface area contributed by atoms with Crippen molar-refractivity contribution in [2.75, 3.05) is 45.9 Å². The molecule has 2 N–H and O–H groups in total. The number of nitrogens with zero attached hydrogens (tertiary/aromatic N) is 1. The molecule has 1 fully saturated rings. The maximum Gasteiger partial charge on any atom is 0.309 e. The SMILES string of the molecule is O=C(NCCN1CCOCC1)C(=O)NC[C@@H](c1cccs1)S(=O)(=O)c1ccc(F)cc1. The topological polar surface area (TPSA) is 105 Å². The van der Waals surface area contributed by atoms with Gasteiger partial charge >= 0.3 is 11.8 Å². The van der Waals surface area contributed by atoms with Gasteiger partial charge in [0.2, 0.25) is 0 Å². The van der Waals surface area contributed by atoms with Gasteiger partial charge in [0, 0.05) is 37.6 Å². The molecule has 1 aliphatic heterocycles. The number of ether oxygens (including phenoxy) is 1. The molecule has 0 unspecified atom stereocenters. The van der Waals surface area contributed by atoms with Crippen LogP contribution in [0.4, 0.5) is 4.39 Å². The number of hydrogen-bond acceptors (Lipinski definition) is 7. The summed E-state index contributed by atoms with van der Waals surface area (Å²) >= 11 is 1.22. The Morgan fingerprint density at radius 3 is 2.42 bits per heavy atom. The summed E-state index contributed by atoms with van der Waals surface area (Å²) in [5.41, 5.74) is 0. The lowest BCUT2D eigenvalue weighted by Crippen LogP contribution is -2.46. The van der Waals surface area contributed by atoms with Gasteiger partial charge in [0.15, 0.2) is 9.84 Å². The third-order valence-electron chi connectivity index (χ3n) is 4.85. The van der Waals surface area contributed by atoms with Crippen LogP contribution >= 0.6 is 11.3 Å². The lowest BCUT2D eigenvalue weighted by Gasteiger charge is -2.26. The fraction of sp³-hybridized carbons (Fsp3) is 0.400. The van der Waals surface area contributed by atoms with Crippen LogP contribution in [0.15, 0.2) is 46.7 Å². The molecule has 11 heteroatoms. The fourth-order valence-electron chi connectivity index (χ4n) is 3.12. The molecule has 8 nitrogen and oxygen atoms in total. The van der Waals surface area contributed by atoms with Gasteiger partial charge in [0.25, 0.3) is 0 Å². The van der Waals surface area contributed by atoms with Crippen molar-refractivity contribution in [3.63, 3.8) is 0 Å². The molecule has 0 bridgehead atoms. The molecule has 0 aliphatic carbocycles. The minimum atomic E-state index is -3.91. The number of carbonyl (C=O) groups is 2. The average molecular weight is 470 g/mol. The van der Waals surface area contributed by atoms with E-state index in [4.69, 9.17) is 4.74 Å². The molecule has 1 atom stereocenters. The number of hydrogen-bond donors (Lipinski definition) is 2. The zero-order chi connectivity index (χ0) is 22.3. The minimum absolute atomic E-state index is 0.0588. The van der Waals surface area contributed by atoms with Gasteiger partial charge in [-0.1, -0.05) is 6.07 Å². The number of rotatable bonds is 8. The predicted octanol–water partition coefficient (Wildman–Crippen LogP) is 0.967. The van der Waals surface area contributed by atoms with Crippen molar-refractivity contribution >= 4 is 33.0 Å². The standard InChI is InChI=1S/C20H24FN3O5S2/c21-15-3-5-16(6-4-15)31(27,28)18(17-2-1-13-30-17)14-23-20(26)19(25)22-7-8-24-9-11-29-12-10-24/h1-6,13,18H,7-12,14H2,(H,22,25)(H,23,26)/t18-/m0/s1. The summed E-state index contributed by atoms with van der Waals surface area (Å²) in [7, 11) is -3.91. The number of morpholine rings is 1. The monoisotopic (exact) mass is 469 g/mol. The number of thiophene rings is 1. The Morgan fingerprint density at radius 1 is 1.10 bits per heavy atom. The molecule has 1 aromatic carbocycles. The fourth-order valence-corrected chi connectivity index (χ4v) is 5.91. The normalized spacial score (nSPS) is 15.9. The van der Waals surface area contributed by atoms with E-state index in [1.54, 1.807) is 17.5 Å². The quantitative estimate of drug-likeness (QED) is 0.441. The van der Waals surface area contributed by atoms with E-state index >= 15 is 0 Å². The first-order chi connectivity index (χ1) is 14.9. The van der Waals surface area contributed by atoms with Gasteiger partial charge in [0.1, 0.15) is 11.1 Å². The molecule has 168 valence electrons. The van der Waals surface area contributed by atoms with E-state index in [2.05, 4.69) is 15.5 Å². The molecule has 1 saturated heterocycles. The van der Waals surface area contributed by atoms with Gasteiger partial charge in [-0.3, -0.25) is 14.5 Å². The minimum Gasteiger partial charge on any atom is -0.379 e. The molecule has 2 heterocycles. The van der Waals surface area contributed by atoms with Crippen molar-refractivity contribution < 1.29 is 27.1 Å². The molecule has 1 aliphatic rings. The Morgan fingerprint density at radius 2 is 1.77 bits per heavy atom. The van der Waals surface area contributed by atoms with E-state index in [0.717, 1.165) is 25.2 Å². The summed E-state index contributed by atoms with van der Waals surface area (Å²) in [6.45, 7) is 3.43. The Bertz CT molecular complexity index is 975. The van der Waals surface area contributed by atoms with Crippen molar-refractivity contribution in [2.24, 2.45) is 0 Å². The van der Waals surface area contributed by atoms with Gasteiger partial charge < -0.3 is 15.4 Å². The second-order valence-electron chi connectivity index (χ2n) is 6.92. The summed E-state index contributed by atoms with van der Waals surface area (Å²) in [5, 5.41) is 5.59. The molecule has 31 heavy (non-hydrogen) atoms. The zero-order valence-electron chi connectivity index (χ0n) is 16.8. The molecule has 2 amide bonds. The van der Waals surface area contributed by atoms with Crippen molar-refractivity contribution in [3.8, 4) is 0 Å². The smallest absolute Gasteiger partial charge is 0.309 e. The molecule has 1 aromatic heterocycles. The summed E-state index contributed by atoms with van der Waals surface area (Å²) < 4.78 is 44.6. The second-order valence-corrected chi connectivity index (χ2v) is 10.0. The van der Waals surface area contributed by atoms with Crippen LogP contribution in [0.3, 0.4) is 0 Å². The van der Waals surface area contributed by atoms with E-state index in [0.29, 0.717) is 31.2 Å². The number of sulfone groups is 1. The van der Waals surface area contributed by atoms with Crippen LogP contribution in [0.2, 0.25) is 0 Å². The van der Waals surface area contributed by atoms with E-state index in [1.807, 2.05) is 0 Å². The highest BCUT2D eigenvalue weighted by Crippen LogP contribution is 2.31. The van der Waals surface area contributed by atoms with Crippen LogP contribution in [-0.4, -0.2) is 71.1 Å². The number of halogens is 1. The Balaban J connectivity index is 1.59. The zero-order valence-corrected chi connectivity index (χ0v) is 18.4. The molecule has 0 spiro atoms. The van der Waals surface area contributed by atoms with Crippen LogP contribution in [0.1, 0.15) is 10.1 Å². The number of carbonyl (C=O) groups excluding carboxylic acids is 2. The Kier molecular flexibility index (Phi) is 8.13. The summed E-state index contributed by atoms with van der Waals surface area (Å²) in [5.74, 6) is -2.27. The maximum absolute atomic E-state index is 13.2. The van der Waals surface area contributed by atoms with Crippen molar-refractivity contribution in [2.45, 2.75) is 10.1 Å². The molecular weight excluding hydrogens is 445 g/mol.